The zero-order valence-electron chi connectivity index (χ0n) is 12.9. The van der Waals surface area contributed by atoms with Crippen LogP contribution in [0.4, 0.5) is 5.00 Å². The molecule has 18 heteroatoms. The Balaban J connectivity index is 1.85. The molecule has 0 saturated heterocycles. The second-order valence-corrected chi connectivity index (χ2v) is 9.60. The maximum absolute atomic E-state index is 9.81. The van der Waals surface area contributed by atoms with Crippen molar-refractivity contribution in [1.82, 2.24) is 10.2 Å². The summed E-state index contributed by atoms with van der Waals surface area (Å²) in [5.41, 5.74) is 8.34. The molecule has 4 rings (SSSR count). The Morgan fingerprint density at radius 2 is 2.33 bits per heavy atom. The summed E-state index contributed by atoms with van der Waals surface area (Å²) in [7, 11) is 5.24. The number of azide groups is 1. The summed E-state index contributed by atoms with van der Waals surface area (Å²) in [6.07, 6.45) is 1.50. The van der Waals surface area contributed by atoms with E-state index >= 15 is 0 Å². The van der Waals surface area contributed by atoms with Gasteiger partial charge in [-0.05, 0) is 23.0 Å². The van der Waals surface area contributed by atoms with Crippen molar-refractivity contribution in [3.63, 3.8) is 0 Å². The fraction of sp³-hybridized carbons (Fsp3) is 0.222. The molecule has 0 amide bonds. The first-order valence-corrected chi connectivity index (χ1v) is 12.3. The molecule has 4 heterocycles. The molecule has 0 fully saturated rings. The largest absolute Gasteiger partial charge is 0.385 e. The van der Waals surface area contributed by atoms with Crippen LogP contribution >= 0.6 is 54.9 Å². The molecule has 3 aliphatic heterocycles. The van der Waals surface area contributed by atoms with E-state index in [0.717, 1.165) is 16.2 Å². The lowest BCUT2D eigenvalue weighted by molar-refractivity contribution is -1.02. The molecule has 0 aromatic carbocycles. The Labute approximate surface area is 171 Å². The molecule has 136 valence electrons. The highest BCUT2D eigenvalue weighted by Gasteiger charge is 2.67. The Bertz CT molecular complexity index is 926. The highest BCUT2D eigenvalue weighted by atomic mass is 33.1. The van der Waals surface area contributed by atoms with Crippen LogP contribution in [-0.4, -0.2) is 32.0 Å². The van der Waals surface area contributed by atoms with E-state index in [1.807, 2.05) is 11.4 Å². The van der Waals surface area contributed by atoms with Gasteiger partial charge in [0.25, 0.3) is 16.4 Å². The zero-order chi connectivity index (χ0) is 18.7. The van der Waals surface area contributed by atoms with E-state index in [4.69, 9.17) is 5.53 Å². The van der Waals surface area contributed by atoms with Gasteiger partial charge in [0.05, 0.1) is 26.7 Å². The van der Waals surface area contributed by atoms with E-state index in [0.29, 0.717) is 16.6 Å². The van der Waals surface area contributed by atoms with Crippen molar-refractivity contribution in [3.05, 3.63) is 45.1 Å². The number of rotatable bonds is 4. The Kier molecular flexibility index (Phi) is 5.40. The lowest BCUT2D eigenvalue weighted by atomic mass is 10.6. The predicted octanol–water partition coefficient (Wildman–Crippen LogP) is 5.64. The van der Waals surface area contributed by atoms with Crippen molar-refractivity contribution in [2.45, 2.75) is 5.50 Å². The molecule has 0 saturated carbocycles. The van der Waals surface area contributed by atoms with Gasteiger partial charge < -0.3 is 0 Å². The van der Waals surface area contributed by atoms with Crippen molar-refractivity contribution in [2.24, 2.45) is 29.5 Å². The maximum atomic E-state index is 9.81. The molecule has 0 bridgehead atoms. The molecular formula is C9H7N13S5+2. The lowest BCUT2D eigenvalue weighted by Crippen LogP contribution is -2.57. The number of amidine groups is 1. The third-order valence-electron chi connectivity index (χ3n) is 3.32. The van der Waals surface area contributed by atoms with Gasteiger partial charge in [-0.25, -0.2) is 0 Å². The lowest BCUT2D eigenvalue weighted by Gasteiger charge is -2.25. The third kappa shape index (κ3) is 3.23. The first-order valence-electron chi connectivity index (χ1n) is 6.95. The average Bonchev–Trinajstić information content (AvgIpc) is 3.47. The van der Waals surface area contributed by atoms with Gasteiger partial charge in [0.1, 0.15) is 11.2 Å². The van der Waals surface area contributed by atoms with Crippen LogP contribution in [0.2, 0.25) is 0 Å². The predicted molar refractivity (Wildman–Crippen MR) is 106 cm³/mol. The van der Waals surface area contributed by atoms with Crippen molar-refractivity contribution < 1.29 is 4.70 Å². The minimum atomic E-state index is -0.723. The first kappa shape index (κ1) is 18.4. The van der Waals surface area contributed by atoms with E-state index in [-0.39, 0.29) is 5.82 Å². The van der Waals surface area contributed by atoms with Gasteiger partial charge in [-0.1, -0.05) is 15.9 Å². The van der Waals surface area contributed by atoms with Crippen molar-refractivity contribution in [3.8, 4) is 0 Å². The van der Waals surface area contributed by atoms with Crippen LogP contribution in [0.1, 0.15) is 0 Å². The molecule has 0 aliphatic carbocycles. The highest BCUT2D eigenvalue weighted by molar-refractivity contribution is 8.77. The van der Waals surface area contributed by atoms with Gasteiger partial charge in [-0.3, -0.25) is 0 Å². The fourth-order valence-electron chi connectivity index (χ4n) is 2.22. The number of hydrazine groups is 1. The van der Waals surface area contributed by atoms with E-state index in [1.54, 1.807) is 6.07 Å². The number of hydrogen-bond acceptors (Lipinski definition) is 14. The summed E-state index contributed by atoms with van der Waals surface area (Å²) in [6, 6.07) is 3.61. The van der Waals surface area contributed by atoms with Crippen molar-refractivity contribution in [1.29, 1.82) is 5.39 Å². The standard InChI is InChI=1S/C9H7N13S5/c10-16-12-7-4-20(6-5-24-26-15-6)21(17-11)22(7,9-14-19-27-25-9)18-13-8-2-1-3-23-8/h1-4,9H,5H2/q+2. The van der Waals surface area contributed by atoms with Crippen LogP contribution in [0.5, 0.6) is 0 Å². The minimum Gasteiger partial charge on any atom is -0.188 e. The van der Waals surface area contributed by atoms with E-state index < -0.39 is 10.2 Å². The molecule has 3 aliphatic rings. The fourth-order valence-corrected chi connectivity index (χ4v) is 6.05. The zero-order valence-corrected chi connectivity index (χ0v) is 17.0. The second kappa shape index (κ2) is 7.93. The summed E-state index contributed by atoms with van der Waals surface area (Å²) in [4.78, 5) is 2.89. The Hall–Kier alpha value is -2.00. The second-order valence-electron chi connectivity index (χ2n) is 4.71. The van der Waals surface area contributed by atoms with Crippen LogP contribution < -0.4 is 0 Å². The molecule has 2 unspecified atom stereocenters. The number of hydrogen-bond donors (Lipinski definition) is 0. The molecule has 1 aromatic rings. The van der Waals surface area contributed by atoms with Crippen LogP contribution in [-0.2, 0) is 0 Å². The molecule has 1 aromatic heterocycles. The van der Waals surface area contributed by atoms with E-state index in [9.17, 15) is 5.39 Å². The average molecular weight is 458 g/mol. The molecule has 2 atom stereocenters. The number of nitrogens with zero attached hydrogens (tertiary/aromatic N) is 13. The summed E-state index contributed by atoms with van der Waals surface area (Å²) in [6.45, 7) is 0. The first-order chi connectivity index (χ1) is 13.3. The quantitative estimate of drug-likeness (QED) is 0.108. The molecular weight excluding hydrogens is 451 g/mol. The topological polar surface area (TPSA) is 145 Å². The summed E-state index contributed by atoms with van der Waals surface area (Å²) in [5.74, 6) is 1.26. The molecule has 0 radical (unpaired) electrons. The van der Waals surface area contributed by atoms with Gasteiger partial charge in [-0.15, -0.1) is 26.0 Å². The number of quaternary nitrogens is 1. The minimum absolute atomic E-state index is 0.110. The van der Waals surface area contributed by atoms with Crippen molar-refractivity contribution >= 4 is 65.7 Å². The highest BCUT2D eigenvalue weighted by Crippen LogP contribution is 2.49. The molecule has 0 N–H and O–H groups in total. The smallest absolute Gasteiger partial charge is 0.188 e. The van der Waals surface area contributed by atoms with Crippen LogP contribution in [0, 0.1) is 5.39 Å². The summed E-state index contributed by atoms with van der Waals surface area (Å²) >= 11 is 1.38. The monoisotopic (exact) mass is 457 g/mol. The van der Waals surface area contributed by atoms with Crippen LogP contribution in [0.15, 0.2) is 59.0 Å². The third-order valence-corrected chi connectivity index (χ3v) is 7.51. The SMILES string of the molecule is N#[N+]N1N(C2=NSSC2)C=C(N=[N+]=[N-])[N+]1(N=Nc1cccs1)C1N=NSS1. The van der Waals surface area contributed by atoms with Gasteiger partial charge in [-0.2, -0.15) is 4.40 Å². The van der Waals surface area contributed by atoms with Gasteiger partial charge in [0, 0.05) is 31.8 Å². The Morgan fingerprint density at radius 1 is 1.41 bits per heavy atom. The normalized spacial score (nSPS) is 27.0. The van der Waals surface area contributed by atoms with Gasteiger partial charge in [0.2, 0.25) is 0 Å². The maximum Gasteiger partial charge on any atom is 0.385 e. The van der Waals surface area contributed by atoms with Crippen LogP contribution in [0.25, 0.3) is 15.5 Å². The summed E-state index contributed by atoms with van der Waals surface area (Å²) < 4.78 is 7.56. The van der Waals surface area contributed by atoms with Gasteiger partial charge >= 0.3 is 10.6 Å². The number of thiophene rings is 1. The van der Waals surface area contributed by atoms with E-state index in [1.165, 1.54) is 55.1 Å². The Morgan fingerprint density at radius 3 is 2.96 bits per heavy atom. The molecule has 13 nitrogen and oxygen atoms in total. The molecule has 0 spiro atoms. The van der Waals surface area contributed by atoms with Gasteiger partial charge in [0.15, 0.2) is 5.84 Å². The van der Waals surface area contributed by atoms with Crippen molar-refractivity contribution in [2.75, 3.05) is 5.75 Å². The van der Waals surface area contributed by atoms with E-state index in [2.05, 4.69) is 39.5 Å². The molecule has 27 heavy (non-hydrogen) atoms. The number of diazo groups is 1. The summed E-state index contributed by atoms with van der Waals surface area (Å²) in [5, 5.41) is 34.7. The van der Waals surface area contributed by atoms with Crippen LogP contribution in [0.3, 0.4) is 0 Å².